The van der Waals surface area contributed by atoms with E-state index in [1.165, 1.54) is 11.1 Å². The van der Waals surface area contributed by atoms with Crippen molar-refractivity contribution in [2.24, 2.45) is 0 Å². The van der Waals surface area contributed by atoms with E-state index < -0.39 is 0 Å². The lowest BCUT2D eigenvalue weighted by Crippen LogP contribution is -1.99. The summed E-state index contributed by atoms with van der Waals surface area (Å²) < 4.78 is 2.13. The molecule has 1 heterocycles. The smallest absolute Gasteiger partial charge is 0.129 e. The summed E-state index contributed by atoms with van der Waals surface area (Å²) in [6.45, 7) is 4.16. The van der Waals surface area contributed by atoms with E-state index in [4.69, 9.17) is 11.6 Å². The third kappa shape index (κ3) is 2.02. The average molecular weight is 271 g/mol. The molecule has 0 unspecified atom stereocenters. The highest BCUT2D eigenvalue weighted by molar-refractivity contribution is 6.17. The Balaban J connectivity index is 2.32. The highest BCUT2D eigenvalue weighted by atomic mass is 35.5. The molecule has 0 N–H and O–H groups in total. The lowest BCUT2D eigenvalue weighted by molar-refractivity contribution is 0.981. The highest BCUT2D eigenvalue weighted by Gasteiger charge is 2.12. The first kappa shape index (κ1) is 12.2. The third-order valence-electron chi connectivity index (χ3n) is 3.37. The van der Waals surface area contributed by atoms with Crippen molar-refractivity contribution in [3.63, 3.8) is 0 Å². The molecule has 0 aliphatic heterocycles. The second kappa shape index (κ2) is 4.71. The lowest BCUT2D eigenvalue weighted by atomic mass is 10.2. The molecule has 0 aliphatic carbocycles. The number of hydrogen-bond acceptors (Lipinski definition) is 1. The molecule has 2 nitrogen and oxygen atoms in total. The van der Waals surface area contributed by atoms with E-state index in [2.05, 4.69) is 65.9 Å². The number of halogens is 1. The second-order valence-corrected chi connectivity index (χ2v) is 5.04. The van der Waals surface area contributed by atoms with Crippen LogP contribution in [0.5, 0.6) is 0 Å². The number of hydrogen-bond donors (Lipinski definition) is 0. The standard InChI is InChI=1S/C16H15ClN2/c1-11-6-8-13(9-7-11)19-14-5-3-4-12(2)16(14)18-15(19)10-17/h3-9H,10H2,1-2H3. The molecule has 3 aromatic rings. The van der Waals surface area contributed by atoms with Crippen molar-refractivity contribution in [1.82, 2.24) is 9.55 Å². The normalized spacial score (nSPS) is 11.1. The topological polar surface area (TPSA) is 17.8 Å². The predicted molar refractivity (Wildman–Crippen MR) is 80.1 cm³/mol. The maximum Gasteiger partial charge on any atom is 0.129 e. The number of alkyl halides is 1. The highest BCUT2D eigenvalue weighted by Crippen LogP contribution is 2.24. The Morgan fingerprint density at radius 1 is 1.05 bits per heavy atom. The van der Waals surface area contributed by atoms with Crippen molar-refractivity contribution >= 4 is 22.6 Å². The van der Waals surface area contributed by atoms with Gasteiger partial charge in [0.15, 0.2) is 0 Å². The van der Waals surface area contributed by atoms with Gasteiger partial charge in [-0.3, -0.25) is 4.57 Å². The number of fused-ring (bicyclic) bond motifs is 1. The molecule has 0 saturated carbocycles. The molecule has 19 heavy (non-hydrogen) atoms. The summed E-state index contributed by atoms with van der Waals surface area (Å²) in [5.41, 5.74) is 5.67. The van der Waals surface area contributed by atoms with Crippen LogP contribution in [0.3, 0.4) is 0 Å². The van der Waals surface area contributed by atoms with Crippen LogP contribution in [-0.4, -0.2) is 9.55 Å². The molecule has 0 amide bonds. The Morgan fingerprint density at radius 2 is 1.79 bits per heavy atom. The largest absolute Gasteiger partial charge is 0.295 e. The molecule has 0 radical (unpaired) electrons. The lowest BCUT2D eigenvalue weighted by Gasteiger charge is -2.08. The van der Waals surface area contributed by atoms with Crippen molar-refractivity contribution in [2.45, 2.75) is 19.7 Å². The van der Waals surface area contributed by atoms with E-state index >= 15 is 0 Å². The number of benzene rings is 2. The Labute approximate surface area is 117 Å². The first-order chi connectivity index (χ1) is 9.20. The summed E-state index contributed by atoms with van der Waals surface area (Å²) in [4.78, 5) is 4.66. The molecule has 3 rings (SSSR count). The van der Waals surface area contributed by atoms with Crippen molar-refractivity contribution in [3.8, 4) is 5.69 Å². The van der Waals surface area contributed by atoms with Gasteiger partial charge in [0.1, 0.15) is 5.82 Å². The van der Waals surface area contributed by atoms with E-state index in [1.807, 2.05) is 0 Å². The average Bonchev–Trinajstić information content (AvgIpc) is 2.80. The van der Waals surface area contributed by atoms with Gasteiger partial charge in [0.05, 0.1) is 16.9 Å². The van der Waals surface area contributed by atoms with E-state index in [-0.39, 0.29) is 0 Å². The van der Waals surface area contributed by atoms with E-state index in [1.54, 1.807) is 0 Å². The molecule has 0 spiro atoms. The fraction of sp³-hybridized carbons (Fsp3) is 0.188. The molecular weight excluding hydrogens is 256 g/mol. The van der Waals surface area contributed by atoms with Crippen LogP contribution in [-0.2, 0) is 5.88 Å². The SMILES string of the molecule is Cc1ccc(-n2c(CCl)nc3c(C)cccc32)cc1. The number of para-hydroxylation sites is 1. The van der Waals surface area contributed by atoms with Crippen LogP contribution in [0.2, 0.25) is 0 Å². The Morgan fingerprint density at radius 3 is 2.47 bits per heavy atom. The van der Waals surface area contributed by atoms with Crippen LogP contribution in [0.1, 0.15) is 17.0 Å². The predicted octanol–water partition coefficient (Wildman–Crippen LogP) is 4.38. The van der Waals surface area contributed by atoms with Crippen molar-refractivity contribution < 1.29 is 0 Å². The Hall–Kier alpha value is -1.80. The van der Waals surface area contributed by atoms with Gasteiger partial charge in [-0.15, -0.1) is 11.6 Å². The second-order valence-electron chi connectivity index (χ2n) is 4.78. The van der Waals surface area contributed by atoms with Crippen molar-refractivity contribution in [2.75, 3.05) is 0 Å². The molecule has 2 aromatic carbocycles. The van der Waals surface area contributed by atoms with E-state index in [0.717, 1.165) is 22.5 Å². The van der Waals surface area contributed by atoms with Gasteiger partial charge in [0.25, 0.3) is 0 Å². The van der Waals surface area contributed by atoms with E-state index in [9.17, 15) is 0 Å². The number of nitrogens with zero attached hydrogens (tertiary/aromatic N) is 2. The summed E-state index contributed by atoms with van der Waals surface area (Å²) in [6.07, 6.45) is 0. The van der Waals surface area contributed by atoms with Crippen LogP contribution >= 0.6 is 11.6 Å². The van der Waals surface area contributed by atoms with Crippen LogP contribution in [0.25, 0.3) is 16.7 Å². The quantitative estimate of drug-likeness (QED) is 0.632. The maximum absolute atomic E-state index is 6.05. The molecule has 0 aliphatic rings. The van der Waals surface area contributed by atoms with Crippen LogP contribution < -0.4 is 0 Å². The number of imidazole rings is 1. The van der Waals surface area contributed by atoms with Gasteiger partial charge in [-0.1, -0.05) is 29.8 Å². The number of aryl methyl sites for hydroxylation is 2. The molecule has 96 valence electrons. The monoisotopic (exact) mass is 270 g/mol. The first-order valence-corrected chi connectivity index (χ1v) is 6.84. The first-order valence-electron chi connectivity index (χ1n) is 6.30. The third-order valence-corrected chi connectivity index (χ3v) is 3.61. The summed E-state index contributed by atoms with van der Waals surface area (Å²) in [5.74, 6) is 1.29. The molecule has 0 saturated heterocycles. The van der Waals surface area contributed by atoms with Crippen molar-refractivity contribution in [3.05, 3.63) is 59.4 Å². The minimum absolute atomic E-state index is 0.405. The summed E-state index contributed by atoms with van der Waals surface area (Å²) in [6, 6.07) is 14.6. The summed E-state index contributed by atoms with van der Waals surface area (Å²) in [7, 11) is 0. The van der Waals surface area contributed by atoms with E-state index in [0.29, 0.717) is 5.88 Å². The molecular formula is C16H15ClN2. The zero-order chi connectivity index (χ0) is 13.4. The molecule has 3 heteroatoms. The number of aromatic nitrogens is 2. The van der Waals surface area contributed by atoms with Gasteiger partial charge in [-0.25, -0.2) is 4.98 Å². The van der Waals surface area contributed by atoms with Gasteiger partial charge in [-0.2, -0.15) is 0 Å². The van der Waals surface area contributed by atoms with Gasteiger partial charge >= 0.3 is 0 Å². The van der Waals surface area contributed by atoms with Crippen LogP contribution in [0.15, 0.2) is 42.5 Å². The molecule has 0 bridgehead atoms. The number of rotatable bonds is 2. The molecule has 0 atom stereocenters. The maximum atomic E-state index is 6.05. The van der Waals surface area contributed by atoms with Crippen LogP contribution in [0.4, 0.5) is 0 Å². The fourth-order valence-corrected chi connectivity index (χ4v) is 2.54. The minimum Gasteiger partial charge on any atom is -0.295 e. The van der Waals surface area contributed by atoms with Crippen molar-refractivity contribution in [1.29, 1.82) is 0 Å². The summed E-state index contributed by atoms with van der Waals surface area (Å²) in [5, 5.41) is 0. The van der Waals surface area contributed by atoms with Gasteiger partial charge in [0.2, 0.25) is 0 Å². The molecule has 0 fully saturated rings. The van der Waals surface area contributed by atoms with Gasteiger partial charge in [-0.05, 0) is 37.6 Å². The molecule has 1 aromatic heterocycles. The fourth-order valence-electron chi connectivity index (χ4n) is 2.36. The van der Waals surface area contributed by atoms with Gasteiger partial charge < -0.3 is 0 Å². The zero-order valence-corrected chi connectivity index (χ0v) is 11.8. The summed E-state index contributed by atoms with van der Waals surface area (Å²) >= 11 is 6.05. The van der Waals surface area contributed by atoms with Crippen LogP contribution in [0, 0.1) is 13.8 Å². The zero-order valence-electron chi connectivity index (χ0n) is 11.0. The minimum atomic E-state index is 0.405. The Bertz CT molecular complexity index is 726. The Kier molecular flexibility index (Phi) is 3.03. The van der Waals surface area contributed by atoms with Gasteiger partial charge in [0, 0.05) is 5.69 Å².